The van der Waals surface area contributed by atoms with E-state index in [4.69, 9.17) is 4.74 Å². The van der Waals surface area contributed by atoms with Gasteiger partial charge in [-0.3, -0.25) is 29.4 Å². The fraction of sp³-hybridized carbons (Fsp3) is 0.967. The summed E-state index contributed by atoms with van der Waals surface area (Å²) in [5, 5.41) is 0. The summed E-state index contributed by atoms with van der Waals surface area (Å²) >= 11 is 0. The molecule has 0 spiro atoms. The van der Waals surface area contributed by atoms with Gasteiger partial charge in [-0.15, -0.1) is 0 Å². The van der Waals surface area contributed by atoms with E-state index in [-0.39, 0.29) is 0 Å². The third-order valence-corrected chi connectivity index (χ3v) is 14.3. The minimum Gasteiger partial charge on any atom is -0.375 e. The molecule has 5 saturated heterocycles. The Morgan fingerprint density at radius 1 is 0.406 bits per heavy atom. The van der Waals surface area contributed by atoms with Crippen molar-refractivity contribution in [3.63, 3.8) is 0 Å². The van der Waals surface area contributed by atoms with Gasteiger partial charge in [-0.25, -0.2) is 0 Å². The second-order valence-corrected chi connectivity index (χ2v) is 22.0. The summed E-state index contributed by atoms with van der Waals surface area (Å²) in [5.41, 5.74) is 1.61. The van der Waals surface area contributed by atoms with Gasteiger partial charge in [-0.1, -0.05) is 122 Å². The number of morpholine rings is 1. The summed E-state index contributed by atoms with van der Waals surface area (Å²) in [6, 6.07) is 6.74. The molecule has 0 radical (unpaired) electrons. The Bertz CT molecular complexity index is 1070. The number of hydrogen-bond donors (Lipinski definition) is 0. The van der Waals surface area contributed by atoms with E-state index in [0.29, 0.717) is 36.2 Å². The molecule has 6 aliphatic heterocycles. The molecule has 3 unspecified atom stereocenters. The van der Waals surface area contributed by atoms with Gasteiger partial charge < -0.3 is 9.64 Å². The first-order valence-electron chi connectivity index (χ1n) is 30.1. The minimum absolute atomic E-state index is 0.446. The molecule has 69 heavy (non-hydrogen) atoms. The van der Waals surface area contributed by atoms with Crippen molar-refractivity contribution in [2.45, 2.75) is 281 Å². The zero-order valence-electron chi connectivity index (χ0n) is 53.3. The highest BCUT2D eigenvalue weighted by atomic mass is 16.5. The van der Waals surface area contributed by atoms with Crippen molar-refractivity contribution in [3.05, 3.63) is 11.6 Å². The van der Waals surface area contributed by atoms with Gasteiger partial charge in [-0.05, 0) is 147 Å². The Balaban J connectivity index is -0.000000366. The van der Waals surface area contributed by atoms with Crippen molar-refractivity contribution in [2.24, 2.45) is 23.7 Å². The predicted octanol–water partition coefficient (Wildman–Crippen LogP) is 14.5. The highest BCUT2D eigenvalue weighted by molar-refractivity contribution is 5.14. The molecule has 8 heteroatoms. The second-order valence-electron chi connectivity index (χ2n) is 22.0. The van der Waals surface area contributed by atoms with Crippen molar-refractivity contribution >= 4 is 0 Å². The summed E-state index contributed by atoms with van der Waals surface area (Å²) in [4.78, 5) is 18.0. The zero-order valence-corrected chi connectivity index (χ0v) is 53.3. The molecule has 5 fully saturated rings. The molecule has 0 amide bonds. The van der Waals surface area contributed by atoms with E-state index in [1.54, 1.807) is 5.57 Å². The van der Waals surface area contributed by atoms with Crippen LogP contribution in [-0.4, -0.2) is 180 Å². The van der Waals surface area contributed by atoms with E-state index >= 15 is 0 Å². The van der Waals surface area contributed by atoms with Gasteiger partial charge in [0.15, 0.2) is 0 Å². The number of nitrogens with zero attached hydrogens (tertiary/aromatic N) is 7. The average Bonchev–Trinajstić information content (AvgIpc) is 4.04. The van der Waals surface area contributed by atoms with Crippen molar-refractivity contribution in [3.8, 4) is 0 Å². The first kappa shape index (κ1) is 74.9. The lowest BCUT2D eigenvalue weighted by molar-refractivity contribution is -0.0591. The second kappa shape index (κ2) is 43.8. The van der Waals surface area contributed by atoms with E-state index in [1.165, 1.54) is 71.7 Å². The molecule has 0 saturated carbocycles. The summed E-state index contributed by atoms with van der Waals surface area (Å²) in [5.74, 6) is 3.24. The quantitative estimate of drug-likeness (QED) is 0.200. The highest BCUT2D eigenvalue weighted by Gasteiger charge is 2.44. The van der Waals surface area contributed by atoms with Crippen LogP contribution in [-0.2, 0) is 4.74 Å². The lowest BCUT2D eigenvalue weighted by Crippen LogP contribution is -2.51. The molecule has 0 aliphatic carbocycles. The summed E-state index contributed by atoms with van der Waals surface area (Å²) < 4.78 is 5.68. The molecular weight excluding hydrogens is 847 g/mol. The smallest absolute Gasteiger partial charge is 0.0725 e. The monoisotopic (exact) mass is 982 g/mol. The SMILES string of the molecule is CC.CC.CC.CC.CC.CC(C)C1=CCN(C(C)C)C1.CC(C)C1CN(C(C)C)C1.CC(C)C1CN(C(C)C)CCO1.CC(C)N1CC2CC1CN2C(C)C.CC(C)N1CCCN(C(C)C)CC1. The highest BCUT2D eigenvalue weighted by Crippen LogP contribution is 2.33. The van der Waals surface area contributed by atoms with Gasteiger partial charge in [0, 0.05) is 120 Å². The van der Waals surface area contributed by atoms with Crippen LogP contribution < -0.4 is 0 Å². The topological polar surface area (TPSA) is 31.9 Å². The molecule has 2 bridgehead atoms. The zero-order chi connectivity index (χ0) is 54.7. The molecule has 6 rings (SSSR count). The van der Waals surface area contributed by atoms with Crippen LogP contribution in [0, 0.1) is 23.7 Å². The molecular formula is C61H135N7O. The molecule has 8 nitrogen and oxygen atoms in total. The fourth-order valence-corrected chi connectivity index (χ4v) is 9.35. The lowest BCUT2D eigenvalue weighted by Gasteiger charge is -2.44. The van der Waals surface area contributed by atoms with Crippen LogP contribution in [0.25, 0.3) is 0 Å². The van der Waals surface area contributed by atoms with E-state index in [2.05, 4.69) is 179 Å². The van der Waals surface area contributed by atoms with Crippen LogP contribution in [0.3, 0.4) is 0 Å². The van der Waals surface area contributed by atoms with Crippen LogP contribution in [0.15, 0.2) is 11.6 Å². The van der Waals surface area contributed by atoms with Gasteiger partial charge in [0.1, 0.15) is 0 Å². The number of ether oxygens (including phenoxy) is 1. The largest absolute Gasteiger partial charge is 0.375 e. The number of hydrogen-bond acceptors (Lipinski definition) is 8. The fourth-order valence-electron chi connectivity index (χ4n) is 9.35. The van der Waals surface area contributed by atoms with Crippen LogP contribution in [0.1, 0.15) is 221 Å². The maximum atomic E-state index is 5.68. The Kier molecular flexibility index (Phi) is 47.6. The number of fused-ring (bicyclic) bond motifs is 2. The van der Waals surface area contributed by atoms with Crippen LogP contribution in [0.2, 0.25) is 0 Å². The van der Waals surface area contributed by atoms with E-state index in [0.717, 1.165) is 74.2 Å². The van der Waals surface area contributed by atoms with Crippen molar-refractivity contribution in [2.75, 3.05) is 85.1 Å². The predicted molar refractivity (Wildman–Crippen MR) is 317 cm³/mol. The molecule has 0 aromatic carbocycles. The Morgan fingerprint density at radius 2 is 0.797 bits per heavy atom. The molecule has 420 valence electrons. The molecule has 6 aliphatic rings. The van der Waals surface area contributed by atoms with Gasteiger partial charge in [0.25, 0.3) is 0 Å². The molecule has 0 aromatic rings. The maximum absolute atomic E-state index is 5.68. The summed E-state index contributed by atoms with van der Waals surface area (Å²) in [7, 11) is 0. The third-order valence-electron chi connectivity index (χ3n) is 14.3. The standard InChI is InChI=1S/C11H22N2.C11H24N2.C10H21NO.C10H19N.C9H19N.5C2H6/c1-8(2)12-6-11-5-10(12)7-13(11)9(3)4;1-10(2)12-6-5-7-13(9-8-12)11(3)4;1-8(2)10-7-11(9(3)4)5-6-12-10;1-8(2)10-5-6-11(7-10)9(3)4;1-7(2)9-5-10(6-9)8(3)4;5*1-2/h8-11H,5-7H2,1-4H3;10-11H,5-9H2,1-4H3;8-10H,5-7H2,1-4H3;5,8-9H,6-7H2,1-4H3;7-9H,5-6H2,1-4H3;5*1-2H3. The van der Waals surface area contributed by atoms with E-state index in [1.807, 2.05) is 69.2 Å². The average molecular weight is 983 g/mol. The van der Waals surface area contributed by atoms with Gasteiger partial charge in [0.2, 0.25) is 0 Å². The van der Waals surface area contributed by atoms with Crippen LogP contribution in [0.5, 0.6) is 0 Å². The first-order chi connectivity index (χ1) is 32.5. The van der Waals surface area contributed by atoms with Crippen molar-refractivity contribution in [1.29, 1.82) is 0 Å². The van der Waals surface area contributed by atoms with Crippen LogP contribution in [0.4, 0.5) is 0 Å². The Labute approximate surface area is 438 Å². The molecule has 6 heterocycles. The van der Waals surface area contributed by atoms with Crippen molar-refractivity contribution < 1.29 is 4.74 Å². The Hall–Kier alpha value is -0.580. The van der Waals surface area contributed by atoms with Gasteiger partial charge >= 0.3 is 0 Å². The molecule has 0 N–H and O–H groups in total. The van der Waals surface area contributed by atoms with Crippen LogP contribution >= 0.6 is 0 Å². The van der Waals surface area contributed by atoms with E-state index < -0.39 is 0 Å². The number of rotatable bonds is 10. The summed E-state index contributed by atoms with van der Waals surface area (Å²) in [6.07, 6.45) is 5.57. The number of piperazine rings is 1. The molecule has 0 aromatic heterocycles. The number of likely N-dealkylation sites (tertiary alicyclic amines) is 3. The molecule has 3 atom stereocenters. The lowest BCUT2D eigenvalue weighted by atomic mass is 9.87. The van der Waals surface area contributed by atoms with Gasteiger partial charge in [0.05, 0.1) is 12.7 Å². The first-order valence-corrected chi connectivity index (χ1v) is 30.1. The summed E-state index contributed by atoms with van der Waals surface area (Å²) in [6.45, 7) is 81.5. The normalized spacial score (nSPS) is 22.5. The Morgan fingerprint density at radius 3 is 1.07 bits per heavy atom. The van der Waals surface area contributed by atoms with E-state index in [9.17, 15) is 0 Å². The minimum atomic E-state index is 0.446. The third kappa shape index (κ3) is 30.4. The van der Waals surface area contributed by atoms with Crippen molar-refractivity contribution in [1.82, 2.24) is 34.3 Å². The van der Waals surface area contributed by atoms with Gasteiger partial charge in [-0.2, -0.15) is 0 Å². The maximum Gasteiger partial charge on any atom is 0.0725 e.